The highest BCUT2D eigenvalue weighted by Gasteiger charge is 2.30. The summed E-state index contributed by atoms with van der Waals surface area (Å²) in [6.07, 6.45) is 8.61. The molecule has 6 heteroatoms. The summed E-state index contributed by atoms with van der Waals surface area (Å²) in [5.41, 5.74) is 1.15. The lowest BCUT2D eigenvalue weighted by atomic mass is 10.2. The van der Waals surface area contributed by atoms with Gasteiger partial charge >= 0.3 is 0 Å². The van der Waals surface area contributed by atoms with Crippen molar-refractivity contribution in [1.82, 2.24) is 19.7 Å². The topological polar surface area (TPSA) is 51.0 Å². The Kier molecular flexibility index (Phi) is 4.05. The second kappa shape index (κ2) is 5.97. The number of hydrogen-bond donors (Lipinski definition) is 0. The lowest BCUT2D eigenvalue weighted by molar-refractivity contribution is 0.0726. The Morgan fingerprint density at radius 2 is 2.33 bits per heavy atom. The van der Waals surface area contributed by atoms with E-state index >= 15 is 0 Å². The number of rotatable bonds is 4. The standard InChI is InChI=1S/C15H20N4OS/c1-3-14-16-8-13(21-14)15(20)19-6-4-5-12(19)10-18-9-11(2)7-17-18/h7-9,12H,3-6,10H2,1-2H3. The molecule has 2 aromatic heterocycles. The van der Waals surface area contributed by atoms with Gasteiger partial charge in [0.1, 0.15) is 4.88 Å². The first kappa shape index (κ1) is 14.3. The Morgan fingerprint density at radius 1 is 1.48 bits per heavy atom. The molecule has 1 atom stereocenters. The SMILES string of the molecule is CCc1ncc(C(=O)N2CCCC2Cn2cc(C)cn2)s1. The van der Waals surface area contributed by atoms with Gasteiger partial charge < -0.3 is 4.90 Å². The van der Waals surface area contributed by atoms with Gasteiger partial charge in [-0.1, -0.05) is 6.92 Å². The minimum atomic E-state index is 0.124. The van der Waals surface area contributed by atoms with Crippen molar-refractivity contribution < 1.29 is 4.79 Å². The van der Waals surface area contributed by atoms with Gasteiger partial charge in [-0.05, 0) is 31.7 Å². The summed E-state index contributed by atoms with van der Waals surface area (Å²) in [4.78, 5) is 19.7. The van der Waals surface area contributed by atoms with Crippen LogP contribution in [-0.2, 0) is 13.0 Å². The van der Waals surface area contributed by atoms with E-state index in [2.05, 4.69) is 17.0 Å². The van der Waals surface area contributed by atoms with Gasteiger partial charge in [0, 0.05) is 12.7 Å². The van der Waals surface area contributed by atoms with Crippen molar-refractivity contribution in [3.8, 4) is 0 Å². The fourth-order valence-corrected chi connectivity index (χ4v) is 3.60. The molecule has 0 spiro atoms. The number of likely N-dealkylation sites (tertiary alicyclic amines) is 1. The average Bonchev–Trinajstić information content (AvgIpc) is 3.19. The number of nitrogens with zero attached hydrogens (tertiary/aromatic N) is 4. The molecule has 1 aliphatic rings. The van der Waals surface area contributed by atoms with Gasteiger partial charge in [0.15, 0.2) is 0 Å². The largest absolute Gasteiger partial charge is 0.333 e. The molecular formula is C15H20N4OS. The quantitative estimate of drug-likeness (QED) is 0.872. The van der Waals surface area contributed by atoms with Gasteiger partial charge in [0.2, 0.25) is 0 Å². The average molecular weight is 304 g/mol. The first-order valence-electron chi connectivity index (χ1n) is 7.42. The molecule has 1 fully saturated rings. The molecule has 3 rings (SSSR count). The van der Waals surface area contributed by atoms with Crippen LogP contribution in [-0.4, -0.2) is 38.2 Å². The van der Waals surface area contributed by atoms with Crippen LogP contribution in [0.2, 0.25) is 0 Å². The Balaban J connectivity index is 1.72. The minimum Gasteiger partial charge on any atom is -0.333 e. The highest BCUT2D eigenvalue weighted by molar-refractivity contribution is 7.13. The Morgan fingerprint density at radius 3 is 3.00 bits per heavy atom. The van der Waals surface area contributed by atoms with Gasteiger partial charge in [-0.15, -0.1) is 11.3 Å². The zero-order chi connectivity index (χ0) is 14.8. The second-order valence-corrected chi connectivity index (χ2v) is 6.62. The zero-order valence-corrected chi connectivity index (χ0v) is 13.3. The summed E-state index contributed by atoms with van der Waals surface area (Å²) in [7, 11) is 0. The summed E-state index contributed by atoms with van der Waals surface area (Å²) in [6, 6.07) is 0.240. The lowest BCUT2D eigenvalue weighted by Crippen LogP contribution is -2.37. The highest BCUT2D eigenvalue weighted by Crippen LogP contribution is 2.24. The third kappa shape index (κ3) is 3.00. The van der Waals surface area contributed by atoms with Crippen LogP contribution in [0.5, 0.6) is 0 Å². The Hall–Kier alpha value is -1.69. The summed E-state index contributed by atoms with van der Waals surface area (Å²) < 4.78 is 1.94. The van der Waals surface area contributed by atoms with E-state index in [9.17, 15) is 4.79 Å². The smallest absolute Gasteiger partial charge is 0.265 e. The van der Waals surface area contributed by atoms with E-state index in [4.69, 9.17) is 0 Å². The molecule has 0 radical (unpaired) electrons. The molecule has 1 saturated heterocycles. The second-order valence-electron chi connectivity index (χ2n) is 5.51. The lowest BCUT2D eigenvalue weighted by Gasteiger charge is -2.24. The summed E-state index contributed by atoms with van der Waals surface area (Å²) >= 11 is 1.52. The van der Waals surface area contributed by atoms with E-state index in [0.717, 1.165) is 47.8 Å². The maximum atomic E-state index is 12.6. The third-order valence-electron chi connectivity index (χ3n) is 3.86. The first-order chi connectivity index (χ1) is 10.2. The Labute approximate surface area is 128 Å². The third-order valence-corrected chi connectivity index (χ3v) is 4.99. The predicted octanol–water partition coefficient (Wildman–Crippen LogP) is 2.52. The summed E-state index contributed by atoms with van der Waals surface area (Å²) in [5.74, 6) is 0.124. The molecule has 5 nitrogen and oxygen atoms in total. The van der Waals surface area contributed by atoms with Crippen molar-refractivity contribution in [1.29, 1.82) is 0 Å². The fraction of sp³-hybridized carbons (Fsp3) is 0.533. The van der Waals surface area contributed by atoms with E-state index in [1.54, 1.807) is 6.20 Å². The van der Waals surface area contributed by atoms with Crippen molar-refractivity contribution >= 4 is 17.2 Å². The van der Waals surface area contributed by atoms with E-state index < -0.39 is 0 Å². The van der Waals surface area contributed by atoms with Crippen molar-refractivity contribution in [2.24, 2.45) is 0 Å². The van der Waals surface area contributed by atoms with Crippen molar-refractivity contribution in [3.63, 3.8) is 0 Å². The predicted molar refractivity (Wildman–Crippen MR) is 82.5 cm³/mol. The number of aryl methyl sites for hydroxylation is 2. The van der Waals surface area contributed by atoms with Crippen molar-refractivity contribution in [3.05, 3.63) is 34.0 Å². The van der Waals surface area contributed by atoms with Crippen LogP contribution in [0.15, 0.2) is 18.6 Å². The molecule has 0 aromatic carbocycles. The number of thiazole rings is 1. The molecule has 112 valence electrons. The molecule has 0 bridgehead atoms. The van der Waals surface area contributed by atoms with E-state index in [0.29, 0.717) is 0 Å². The molecule has 0 saturated carbocycles. The van der Waals surface area contributed by atoms with Gasteiger partial charge in [0.25, 0.3) is 5.91 Å². The normalized spacial score (nSPS) is 18.4. The Bertz CT molecular complexity index is 633. The molecule has 2 aromatic rings. The van der Waals surface area contributed by atoms with Crippen LogP contribution >= 0.6 is 11.3 Å². The fourth-order valence-electron chi connectivity index (χ4n) is 2.79. The van der Waals surface area contributed by atoms with Crippen LogP contribution in [0.25, 0.3) is 0 Å². The van der Waals surface area contributed by atoms with Crippen LogP contribution in [0, 0.1) is 6.92 Å². The molecule has 0 aliphatic carbocycles. The van der Waals surface area contributed by atoms with Gasteiger partial charge in [-0.25, -0.2) is 4.98 Å². The highest BCUT2D eigenvalue weighted by atomic mass is 32.1. The molecule has 1 unspecified atom stereocenters. The molecule has 1 aliphatic heterocycles. The molecular weight excluding hydrogens is 284 g/mol. The maximum Gasteiger partial charge on any atom is 0.265 e. The van der Waals surface area contributed by atoms with Crippen LogP contribution in [0.3, 0.4) is 0 Å². The number of carbonyl (C=O) groups is 1. The number of aromatic nitrogens is 3. The maximum absolute atomic E-state index is 12.6. The van der Waals surface area contributed by atoms with E-state index in [1.807, 2.05) is 28.9 Å². The number of amides is 1. The molecule has 0 N–H and O–H groups in total. The van der Waals surface area contributed by atoms with E-state index in [-0.39, 0.29) is 11.9 Å². The molecule has 21 heavy (non-hydrogen) atoms. The number of carbonyl (C=O) groups excluding carboxylic acids is 1. The van der Waals surface area contributed by atoms with Crippen molar-refractivity contribution in [2.75, 3.05) is 6.54 Å². The van der Waals surface area contributed by atoms with Gasteiger partial charge in [0.05, 0.1) is 30.0 Å². The van der Waals surface area contributed by atoms with Gasteiger partial charge in [-0.3, -0.25) is 9.48 Å². The van der Waals surface area contributed by atoms with Crippen LogP contribution in [0.1, 0.15) is 40.0 Å². The molecule has 1 amide bonds. The molecule has 3 heterocycles. The monoisotopic (exact) mass is 304 g/mol. The van der Waals surface area contributed by atoms with Crippen molar-refractivity contribution in [2.45, 2.75) is 45.7 Å². The van der Waals surface area contributed by atoms with Crippen LogP contribution < -0.4 is 0 Å². The van der Waals surface area contributed by atoms with E-state index in [1.165, 1.54) is 11.3 Å². The zero-order valence-electron chi connectivity index (χ0n) is 12.5. The number of hydrogen-bond acceptors (Lipinski definition) is 4. The first-order valence-corrected chi connectivity index (χ1v) is 8.23. The van der Waals surface area contributed by atoms with Gasteiger partial charge in [-0.2, -0.15) is 5.10 Å². The minimum absolute atomic E-state index is 0.124. The van der Waals surface area contributed by atoms with Crippen LogP contribution in [0.4, 0.5) is 0 Å². The summed E-state index contributed by atoms with van der Waals surface area (Å²) in [6.45, 7) is 5.71. The summed E-state index contributed by atoms with van der Waals surface area (Å²) in [5, 5.41) is 5.36.